The van der Waals surface area contributed by atoms with Crippen molar-refractivity contribution in [2.45, 2.75) is 45.8 Å². The molecule has 168 valence electrons. The topological polar surface area (TPSA) is 84.9 Å². The predicted octanol–water partition coefficient (Wildman–Crippen LogP) is 3.58. The molecule has 0 saturated heterocycles. The Morgan fingerprint density at radius 1 is 1.23 bits per heavy atom. The Morgan fingerprint density at radius 3 is 2.52 bits per heavy atom. The van der Waals surface area contributed by atoms with Gasteiger partial charge < -0.3 is 14.8 Å². The fourth-order valence-electron chi connectivity index (χ4n) is 3.75. The van der Waals surface area contributed by atoms with Crippen LogP contribution in [0.2, 0.25) is 0 Å². The summed E-state index contributed by atoms with van der Waals surface area (Å²) < 4.78 is 37.4. The number of sulfonamides is 1. The minimum Gasteiger partial charge on any atom is -0.494 e. The van der Waals surface area contributed by atoms with Crippen molar-refractivity contribution in [2.24, 2.45) is 0 Å². The third-order valence-corrected chi connectivity index (χ3v) is 6.22. The number of nitrogens with one attached hydrogen (secondary N) is 1. The van der Waals surface area contributed by atoms with Gasteiger partial charge in [-0.15, -0.1) is 0 Å². The Bertz CT molecular complexity index is 1050. The van der Waals surface area contributed by atoms with Crippen molar-refractivity contribution in [3.8, 4) is 11.5 Å². The molecule has 0 aliphatic carbocycles. The molecule has 0 spiro atoms. The van der Waals surface area contributed by atoms with E-state index in [2.05, 4.69) is 5.32 Å². The van der Waals surface area contributed by atoms with Gasteiger partial charge >= 0.3 is 0 Å². The van der Waals surface area contributed by atoms with Gasteiger partial charge in [0.1, 0.15) is 23.6 Å². The maximum atomic E-state index is 12.9. The fraction of sp³-hybridized carbons (Fsp3) is 0.435. The summed E-state index contributed by atoms with van der Waals surface area (Å²) in [6.45, 7) is 8.00. The number of hydrogen-bond acceptors (Lipinski definition) is 5. The van der Waals surface area contributed by atoms with E-state index in [1.54, 1.807) is 24.3 Å². The van der Waals surface area contributed by atoms with E-state index in [1.807, 2.05) is 45.9 Å². The van der Waals surface area contributed by atoms with Gasteiger partial charge in [-0.1, -0.05) is 17.7 Å². The van der Waals surface area contributed by atoms with E-state index in [9.17, 15) is 13.2 Å². The Balaban J connectivity index is 1.81. The van der Waals surface area contributed by atoms with Crippen molar-refractivity contribution in [1.29, 1.82) is 0 Å². The van der Waals surface area contributed by atoms with Crippen molar-refractivity contribution in [1.82, 2.24) is 5.32 Å². The van der Waals surface area contributed by atoms with Crippen LogP contribution in [0, 0.1) is 6.92 Å². The molecular weight excluding hydrogens is 416 g/mol. The molecular formula is C23H30N2O5S. The molecule has 1 amide bonds. The van der Waals surface area contributed by atoms with Gasteiger partial charge in [-0.25, -0.2) is 8.42 Å². The molecule has 3 rings (SSSR count). The molecule has 2 aromatic rings. The highest BCUT2D eigenvalue weighted by Gasteiger charge is 2.35. The minimum absolute atomic E-state index is 0.270. The molecule has 0 fully saturated rings. The summed E-state index contributed by atoms with van der Waals surface area (Å²) in [6, 6.07) is 12.3. The van der Waals surface area contributed by atoms with Crippen molar-refractivity contribution < 1.29 is 22.7 Å². The molecule has 0 radical (unpaired) electrons. The number of nitrogens with zero attached hydrogens (tertiary/aromatic N) is 1. The summed E-state index contributed by atoms with van der Waals surface area (Å²) >= 11 is 0. The number of fused-ring (bicyclic) bond motifs is 1. The number of hydrogen-bond donors (Lipinski definition) is 1. The van der Waals surface area contributed by atoms with Crippen molar-refractivity contribution >= 4 is 21.6 Å². The zero-order valence-electron chi connectivity index (χ0n) is 18.6. The van der Waals surface area contributed by atoms with Crippen LogP contribution < -0.4 is 19.1 Å². The number of aryl methyl sites for hydroxylation is 1. The molecule has 1 heterocycles. The number of anilines is 1. The van der Waals surface area contributed by atoms with E-state index in [0.717, 1.165) is 27.4 Å². The second-order valence-corrected chi connectivity index (χ2v) is 10.3. The SMILES string of the molecule is CCOc1ccc(N(CC(=O)NC2CC(C)(C)Oc3ccc(C)cc32)S(C)(=O)=O)cc1. The number of ether oxygens (including phenoxy) is 2. The van der Waals surface area contributed by atoms with Crippen LogP contribution in [0.25, 0.3) is 0 Å². The third kappa shape index (κ3) is 5.70. The van der Waals surface area contributed by atoms with Crippen LogP contribution in [-0.4, -0.2) is 39.3 Å². The summed E-state index contributed by atoms with van der Waals surface area (Å²) in [6.07, 6.45) is 1.67. The molecule has 0 saturated carbocycles. The quantitative estimate of drug-likeness (QED) is 0.703. The third-order valence-electron chi connectivity index (χ3n) is 5.08. The summed E-state index contributed by atoms with van der Waals surface area (Å²) in [4.78, 5) is 12.9. The highest BCUT2D eigenvalue weighted by molar-refractivity contribution is 7.92. The Hall–Kier alpha value is -2.74. The second kappa shape index (κ2) is 8.78. The smallest absolute Gasteiger partial charge is 0.241 e. The molecule has 1 atom stereocenters. The predicted molar refractivity (Wildman–Crippen MR) is 121 cm³/mol. The van der Waals surface area contributed by atoms with Crippen LogP contribution in [-0.2, 0) is 14.8 Å². The van der Waals surface area contributed by atoms with E-state index >= 15 is 0 Å². The largest absolute Gasteiger partial charge is 0.494 e. The van der Waals surface area contributed by atoms with Crippen LogP contribution in [0.4, 0.5) is 5.69 Å². The lowest BCUT2D eigenvalue weighted by molar-refractivity contribution is -0.120. The molecule has 0 bridgehead atoms. The number of carbonyl (C=O) groups is 1. The molecule has 8 heteroatoms. The van der Waals surface area contributed by atoms with Gasteiger partial charge in [0.15, 0.2) is 0 Å². The second-order valence-electron chi connectivity index (χ2n) is 8.42. The number of carbonyl (C=O) groups excluding carboxylic acids is 1. The van der Waals surface area contributed by atoms with Crippen molar-refractivity contribution in [3.05, 3.63) is 53.6 Å². The number of rotatable bonds is 7. The summed E-state index contributed by atoms with van der Waals surface area (Å²) in [5.41, 5.74) is 1.92. The van der Waals surface area contributed by atoms with Crippen LogP contribution in [0.15, 0.2) is 42.5 Å². The average Bonchev–Trinajstić information content (AvgIpc) is 2.66. The molecule has 1 aliphatic rings. The lowest BCUT2D eigenvalue weighted by Gasteiger charge is -2.38. The monoisotopic (exact) mass is 446 g/mol. The summed E-state index contributed by atoms with van der Waals surface area (Å²) in [7, 11) is -3.66. The first-order chi connectivity index (χ1) is 14.5. The zero-order valence-corrected chi connectivity index (χ0v) is 19.5. The van der Waals surface area contributed by atoms with E-state index in [1.165, 1.54) is 0 Å². The van der Waals surface area contributed by atoms with Crippen molar-refractivity contribution in [3.63, 3.8) is 0 Å². The van der Waals surface area contributed by atoms with Crippen molar-refractivity contribution in [2.75, 3.05) is 23.7 Å². The van der Waals surface area contributed by atoms with Gasteiger partial charge in [0.05, 0.1) is 24.6 Å². The molecule has 1 aliphatic heterocycles. The van der Waals surface area contributed by atoms with Gasteiger partial charge in [-0.3, -0.25) is 9.10 Å². The number of amides is 1. The lowest BCUT2D eigenvalue weighted by Crippen LogP contribution is -2.45. The lowest BCUT2D eigenvalue weighted by atomic mass is 9.89. The van der Waals surface area contributed by atoms with E-state index in [4.69, 9.17) is 9.47 Å². The van der Waals surface area contributed by atoms with Gasteiger partial charge in [-0.2, -0.15) is 0 Å². The summed E-state index contributed by atoms with van der Waals surface area (Å²) in [5, 5.41) is 3.01. The Morgan fingerprint density at radius 2 is 1.90 bits per heavy atom. The zero-order chi connectivity index (χ0) is 22.8. The highest BCUT2D eigenvalue weighted by atomic mass is 32.2. The van der Waals surface area contributed by atoms with Gasteiger partial charge in [0.2, 0.25) is 15.9 Å². The fourth-order valence-corrected chi connectivity index (χ4v) is 4.60. The molecule has 31 heavy (non-hydrogen) atoms. The first-order valence-corrected chi connectivity index (χ1v) is 12.1. The van der Waals surface area contributed by atoms with Crippen LogP contribution in [0.3, 0.4) is 0 Å². The van der Waals surface area contributed by atoms with Crippen LogP contribution in [0.5, 0.6) is 11.5 Å². The molecule has 1 unspecified atom stereocenters. The van der Waals surface area contributed by atoms with Crippen LogP contribution in [0.1, 0.15) is 44.4 Å². The molecule has 7 nitrogen and oxygen atoms in total. The first kappa shape index (κ1) is 22.9. The van der Waals surface area contributed by atoms with Gasteiger partial charge in [0.25, 0.3) is 0 Å². The maximum absolute atomic E-state index is 12.9. The first-order valence-electron chi connectivity index (χ1n) is 10.3. The van der Waals surface area contributed by atoms with E-state index in [0.29, 0.717) is 24.5 Å². The normalized spacial score (nSPS) is 17.3. The molecule has 0 aromatic heterocycles. The average molecular weight is 447 g/mol. The Kier molecular flexibility index (Phi) is 6.50. The highest BCUT2D eigenvalue weighted by Crippen LogP contribution is 2.39. The number of benzene rings is 2. The standard InChI is InChI=1S/C23H30N2O5S/c1-6-29-18-10-8-17(9-11-18)25(31(5,27)28)15-22(26)24-20-14-23(3,4)30-21-12-7-16(2)13-19(20)21/h7-13,20H,6,14-15H2,1-5H3,(H,24,26). The Labute approximate surface area is 184 Å². The molecule has 1 N–H and O–H groups in total. The minimum atomic E-state index is -3.66. The van der Waals surface area contributed by atoms with Crippen LogP contribution >= 0.6 is 0 Å². The van der Waals surface area contributed by atoms with Gasteiger partial charge in [-0.05, 0) is 58.0 Å². The summed E-state index contributed by atoms with van der Waals surface area (Å²) in [5.74, 6) is 0.994. The van der Waals surface area contributed by atoms with E-state index < -0.39 is 15.6 Å². The van der Waals surface area contributed by atoms with E-state index in [-0.39, 0.29) is 18.5 Å². The molecule has 2 aromatic carbocycles. The maximum Gasteiger partial charge on any atom is 0.241 e. The van der Waals surface area contributed by atoms with Gasteiger partial charge in [0, 0.05) is 12.0 Å².